The lowest BCUT2D eigenvalue weighted by Crippen LogP contribution is -2.54. The summed E-state index contributed by atoms with van der Waals surface area (Å²) in [5, 5.41) is 3.83. The fourth-order valence-corrected chi connectivity index (χ4v) is 6.40. The van der Waals surface area contributed by atoms with Gasteiger partial charge in [-0.1, -0.05) is 83.9 Å². The first-order chi connectivity index (χ1) is 20.5. The highest BCUT2D eigenvalue weighted by Gasteiger charge is 2.34. The molecule has 0 saturated heterocycles. The van der Waals surface area contributed by atoms with Gasteiger partial charge in [-0.05, 0) is 73.5 Å². The van der Waals surface area contributed by atoms with Gasteiger partial charge in [0.1, 0.15) is 12.6 Å². The number of sulfonamides is 1. The van der Waals surface area contributed by atoms with Gasteiger partial charge in [-0.25, -0.2) is 8.42 Å². The molecule has 0 unspecified atom stereocenters. The van der Waals surface area contributed by atoms with E-state index in [1.807, 2.05) is 50.2 Å². The number of carbonyl (C=O) groups excluding carboxylic acids is 2. The summed E-state index contributed by atoms with van der Waals surface area (Å²) in [7, 11) is -4.18. The minimum absolute atomic E-state index is 0.0255. The van der Waals surface area contributed by atoms with Crippen molar-refractivity contribution < 1.29 is 18.0 Å². The summed E-state index contributed by atoms with van der Waals surface area (Å²) >= 11 is 12.4. The smallest absolute Gasteiger partial charge is 0.264 e. The van der Waals surface area contributed by atoms with Crippen molar-refractivity contribution >= 4 is 50.7 Å². The van der Waals surface area contributed by atoms with E-state index in [2.05, 4.69) is 5.32 Å². The number of nitrogens with one attached hydrogen (secondary N) is 1. The van der Waals surface area contributed by atoms with Crippen molar-refractivity contribution in [2.45, 2.75) is 43.8 Å². The number of amides is 2. The molecule has 0 heterocycles. The van der Waals surface area contributed by atoms with Crippen LogP contribution in [0, 0.1) is 0 Å². The van der Waals surface area contributed by atoms with Gasteiger partial charge in [0.2, 0.25) is 11.8 Å². The van der Waals surface area contributed by atoms with Crippen molar-refractivity contribution in [1.29, 1.82) is 0 Å². The van der Waals surface area contributed by atoms with E-state index < -0.39 is 28.5 Å². The monoisotopic (exact) mass is 637 g/mol. The SMILES string of the molecule is CC(C)NC(=O)[C@@H](Cc1ccccc1)N(Cc1cccc(Cl)c1)C(=O)CN(c1ccc(Cl)cc1)S(=O)(=O)c1ccccc1. The van der Waals surface area contributed by atoms with E-state index in [9.17, 15) is 18.0 Å². The van der Waals surface area contributed by atoms with Gasteiger partial charge in [0, 0.05) is 29.1 Å². The Kier molecular flexibility index (Phi) is 10.9. The van der Waals surface area contributed by atoms with E-state index in [1.165, 1.54) is 17.0 Å². The number of rotatable bonds is 12. The van der Waals surface area contributed by atoms with Crippen molar-refractivity contribution in [2.75, 3.05) is 10.8 Å². The molecule has 10 heteroatoms. The topological polar surface area (TPSA) is 86.8 Å². The van der Waals surface area contributed by atoms with Crippen molar-refractivity contribution in [3.8, 4) is 0 Å². The predicted octanol–water partition coefficient (Wildman–Crippen LogP) is 6.35. The second kappa shape index (κ2) is 14.6. The zero-order valence-electron chi connectivity index (χ0n) is 23.9. The average Bonchev–Trinajstić information content (AvgIpc) is 2.98. The van der Waals surface area contributed by atoms with Gasteiger partial charge in [-0.15, -0.1) is 0 Å². The van der Waals surface area contributed by atoms with Gasteiger partial charge >= 0.3 is 0 Å². The summed E-state index contributed by atoms with van der Waals surface area (Å²) in [5.74, 6) is -0.910. The average molecular weight is 639 g/mol. The van der Waals surface area contributed by atoms with Crippen LogP contribution in [0.15, 0.2) is 114 Å². The molecule has 7 nitrogen and oxygen atoms in total. The summed E-state index contributed by atoms with van der Waals surface area (Å²) in [6.45, 7) is 3.16. The summed E-state index contributed by atoms with van der Waals surface area (Å²) in [6.07, 6.45) is 0.220. The van der Waals surface area contributed by atoms with E-state index >= 15 is 0 Å². The van der Waals surface area contributed by atoms with Gasteiger partial charge in [0.05, 0.1) is 10.6 Å². The molecule has 0 bridgehead atoms. The minimum Gasteiger partial charge on any atom is -0.352 e. The van der Waals surface area contributed by atoms with Crippen LogP contribution in [0.1, 0.15) is 25.0 Å². The Balaban J connectivity index is 1.79. The fraction of sp³-hybridized carbons (Fsp3) is 0.212. The molecule has 0 saturated carbocycles. The van der Waals surface area contributed by atoms with E-state index in [4.69, 9.17) is 23.2 Å². The second-order valence-electron chi connectivity index (χ2n) is 10.3. The number of hydrogen-bond donors (Lipinski definition) is 1. The van der Waals surface area contributed by atoms with Crippen molar-refractivity contribution in [3.05, 3.63) is 130 Å². The minimum atomic E-state index is -4.18. The molecular weight excluding hydrogens is 605 g/mol. The van der Waals surface area contributed by atoms with Gasteiger partial charge in [0.15, 0.2) is 0 Å². The summed E-state index contributed by atoms with van der Waals surface area (Å²) < 4.78 is 28.9. The molecule has 0 aromatic heterocycles. The van der Waals surface area contributed by atoms with Crippen LogP contribution in [-0.4, -0.2) is 43.8 Å². The van der Waals surface area contributed by atoms with E-state index in [-0.39, 0.29) is 35.5 Å². The van der Waals surface area contributed by atoms with Crippen molar-refractivity contribution in [2.24, 2.45) is 0 Å². The molecule has 4 aromatic carbocycles. The molecule has 0 fully saturated rings. The number of halogens is 2. The highest BCUT2D eigenvalue weighted by atomic mass is 35.5. The molecule has 2 amide bonds. The third-order valence-electron chi connectivity index (χ3n) is 6.67. The Morgan fingerprint density at radius 3 is 1.98 bits per heavy atom. The van der Waals surface area contributed by atoms with E-state index in [0.717, 1.165) is 9.87 Å². The van der Waals surface area contributed by atoms with Crippen LogP contribution in [0.3, 0.4) is 0 Å². The van der Waals surface area contributed by atoms with Gasteiger partial charge < -0.3 is 10.2 Å². The Bertz CT molecular complexity index is 1630. The number of carbonyl (C=O) groups is 2. The van der Waals surface area contributed by atoms with Gasteiger partial charge in [-0.2, -0.15) is 0 Å². The molecule has 43 heavy (non-hydrogen) atoms. The molecule has 0 aliphatic heterocycles. The normalized spacial score (nSPS) is 12.0. The van der Waals surface area contributed by atoms with E-state index in [0.29, 0.717) is 15.6 Å². The highest BCUT2D eigenvalue weighted by Crippen LogP contribution is 2.26. The van der Waals surface area contributed by atoms with Crippen molar-refractivity contribution in [1.82, 2.24) is 10.2 Å². The Hall–Kier alpha value is -3.85. The standard InChI is InChI=1S/C33H33Cl2N3O4S/c1-24(2)36-33(40)31(21-25-10-5-3-6-11-25)37(22-26-12-9-13-28(35)20-26)32(39)23-38(29-18-16-27(34)17-19-29)43(41,42)30-14-7-4-8-15-30/h3-20,24,31H,21-23H2,1-2H3,(H,36,40)/t31-/m1/s1. The second-order valence-corrected chi connectivity index (χ2v) is 13.1. The lowest BCUT2D eigenvalue weighted by Gasteiger charge is -2.34. The first-order valence-corrected chi connectivity index (χ1v) is 16.0. The van der Waals surface area contributed by atoms with Gasteiger partial charge in [-0.3, -0.25) is 13.9 Å². The first kappa shape index (κ1) is 32.1. The number of benzene rings is 4. The van der Waals surface area contributed by atoms with E-state index in [1.54, 1.807) is 60.7 Å². The number of anilines is 1. The zero-order chi connectivity index (χ0) is 31.0. The van der Waals surface area contributed by atoms with Gasteiger partial charge in [0.25, 0.3) is 10.0 Å². The Labute approximate surface area is 263 Å². The third-order valence-corrected chi connectivity index (χ3v) is 8.94. The third kappa shape index (κ3) is 8.60. The summed E-state index contributed by atoms with van der Waals surface area (Å²) in [4.78, 5) is 29.5. The highest BCUT2D eigenvalue weighted by molar-refractivity contribution is 7.92. The Morgan fingerprint density at radius 2 is 1.37 bits per heavy atom. The predicted molar refractivity (Wildman–Crippen MR) is 172 cm³/mol. The maximum absolute atomic E-state index is 14.4. The summed E-state index contributed by atoms with van der Waals surface area (Å²) in [6, 6.07) is 29.4. The van der Waals surface area contributed by atoms with Crippen LogP contribution >= 0.6 is 23.2 Å². The Morgan fingerprint density at radius 1 is 0.767 bits per heavy atom. The number of nitrogens with zero attached hydrogens (tertiary/aromatic N) is 2. The maximum atomic E-state index is 14.4. The van der Waals surface area contributed by atoms with Crippen LogP contribution in [0.4, 0.5) is 5.69 Å². The molecule has 0 aliphatic rings. The van der Waals surface area contributed by atoms with Crippen LogP contribution in [0.2, 0.25) is 10.0 Å². The molecule has 1 N–H and O–H groups in total. The molecule has 0 radical (unpaired) electrons. The quantitative estimate of drug-likeness (QED) is 0.196. The van der Waals surface area contributed by atoms with Crippen molar-refractivity contribution in [3.63, 3.8) is 0 Å². The molecule has 224 valence electrons. The van der Waals surface area contributed by atoms with Crippen LogP contribution in [-0.2, 0) is 32.6 Å². The summed E-state index contributed by atoms with van der Waals surface area (Å²) in [5.41, 5.74) is 1.80. The molecule has 4 aromatic rings. The fourth-order valence-electron chi connectivity index (χ4n) is 4.62. The molecular formula is C33H33Cl2N3O4S. The van der Waals surface area contributed by atoms with Crippen LogP contribution in [0.5, 0.6) is 0 Å². The van der Waals surface area contributed by atoms with Crippen LogP contribution < -0.4 is 9.62 Å². The lowest BCUT2D eigenvalue weighted by molar-refractivity contribution is -0.140. The number of hydrogen-bond acceptors (Lipinski definition) is 4. The first-order valence-electron chi connectivity index (χ1n) is 13.8. The molecule has 4 rings (SSSR count). The zero-order valence-corrected chi connectivity index (χ0v) is 26.2. The largest absolute Gasteiger partial charge is 0.352 e. The maximum Gasteiger partial charge on any atom is 0.264 e. The lowest BCUT2D eigenvalue weighted by atomic mass is 10.0. The molecule has 0 spiro atoms. The molecule has 0 aliphatic carbocycles. The molecule has 1 atom stereocenters. The van der Waals surface area contributed by atoms with Crippen LogP contribution in [0.25, 0.3) is 0 Å².